The Morgan fingerprint density at radius 3 is 1.14 bits per heavy atom. The van der Waals surface area contributed by atoms with Gasteiger partial charge in [-0.1, -0.05) is 158 Å². The highest BCUT2D eigenvalue weighted by Crippen LogP contribution is 2.50. The van der Waals surface area contributed by atoms with E-state index in [0.717, 1.165) is 38.8 Å². The predicted molar refractivity (Wildman–Crippen MR) is 247 cm³/mol. The summed E-state index contributed by atoms with van der Waals surface area (Å²) in [6.45, 7) is 1.99. The summed E-state index contributed by atoms with van der Waals surface area (Å²) in [5, 5.41) is 5.06. The summed E-state index contributed by atoms with van der Waals surface area (Å²) in [5.41, 5.74) is 17.9. The van der Waals surface area contributed by atoms with Crippen LogP contribution in [0.15, 0.2) is 194 Å². The first-order valence-corrected chi connectivity index (χ1v) is 20.8. The fourth-order valence-corrected chi connectivity index (χ4v) is 9.87. The van der Waals surface area contributed by atoms with Crippen molar-refractivity contribution in [2.45, 2.75) is 25.7 Å². The first kappa shape index (κ1) is 34.4. The highest BCUT2D eigenvalue weighted by atomic mass is 15.1. The number of nitrogens with zero attached hydrogens (tertiary/aromatic N) is 2. The van der Waals surface area contributed by atoms with Gasteiger partial charge < -0.3 is 9.80 Å². The molecular weight excluding hydrogens is 701 g/mol. The van der Waals surface area contributed by atoms with E-state index in [4.69, 9.17) is 0 Å². The Labute approximate surface area is 341 Å². The van der Waals surface area contributed by atoms with Crippen molar-refractivity contribution in [2.75, 3.05) is 22.9 Å². The van der Waals surface area contributed by atoms with Gasteiger partial charge in [-0.15, -0.1) is 0 Å². The molecule has 0 radical (unpaired) electrons. The van der Waals surface area contributed by atoms with Crippen molar-refractivity contribution in [2.24, 2.45) is 0 Å². The zero-order chi connectivity index (χ0) is 38.4. The van der Waals surface area contributed by atoms with E-state index in [-0.39, 0.29) is 0 Å². The van der Waals surface area contributed by atoms with Gasteiger partial charge >= 0.3 is 0 Å². The molecule has 11 rings (SSSR count). The predicted octanol–water partition coefficient (Wildman–Crippen LogP) is 14.8. The van der Waals surface area contributed by atoms with E-state index in [1.165, 1.54) is 99.9 Å². The van der Waals surface area contributed by atoms with Gasteiger partial charge in [-0.25, -0.2) is 0 Å². The van der Waals surface area contributed by atoms with Crippen molar-refractivity contribution in [1.29, 1.82) is 0 Å². The van der Waals surface area contributed by atoms with Crippen LogP contribution in [0.25, 0.3) is 66.1 Å². The van der Waals surface area contributed by atoms with Crippen LogP contribution in [0.3, 0.4) is 0 Å². The molecule has 2 heteroatoms. The molecule has 0 bridgehead atoms. The molecular formula is C56H44N2. The van der Waals surface area contributed by atoms with Crippen molar-refractivity contribution >= 4 is 44.3 Å². The zero-order valence-corrected chi connectivity index (χ0v) is 32.6. The average Bonchev–Trinajstić information content (AvgIpc) is 3.30. The summed E-state index contributed by atoms with van der Waals surface area (Å²) in [6.07, 6.45) is 4.50. The van der Waals surface area contributed by atoms with Gasteiger partial charge in [0.15, 0.2) is 0 Å². The molecule has 0 fully saturated rings. The van der Waals surface area contributed by atoms with E-state index in [1.807, 2.05) is 0 Å². The lowest BCUT2D eigenvalue weighted by atomic mass is 9.82. The maximum Gasteiger partial charge on any atom is 0.0443 e. The summed E-state index contributed by atoms with van der Waals surface area (Å²) < 4.78 is 0. The van der Waals surface area contributed by atoms with Gasteiger partial charge in [-0.2, -0.15) is 0 Å². The molecule has 0 aromatic heterocycles. The molecule has 0 saturated heterocycles. The summed E-state index contributed by atoms with van der Waals surface area (Å²) in [7, 11) is 0. The Bertz CT molecular complexity index is 2760. The molecule has 0 N–H and O–H groups in total. The zero-order valence-electron chi connectivity index (χ0n) is 32.6. The number of para-hydroxylation sites is 2. The lowest BCUT2D eigenvalue weighted by Gasteiger charge is -2.33. The summed E-state index contributed by atoms with van der Waals surface area (Å²) >= 11 is 0. The third-order valence-corrected chi connectivity index (χ3v) is 12.5. The SMILES string of the molecule is c1ccc(-c2ccccc2-c2c3ccc(N4CCCc5ccccc54)cc3c(-c3ccccc3-c3ccccc3)c3ccc(N4CCCc5ccccc54)cc23)cc1. The van der Waals surface area contributed by atoms with Crippen LogP contribution in [-0.4, -0.2) is 13.1 Å². The van der Waals surface area contributed by atoms with Gasteiger partial charge in [0.25, 0.3) is 0 Å². The Kier molecular flexibility index (Phi) is 8.62. The number of hydrogen-bond donors (Lipinski definition) is 0. The van der Waals surface area contributed by atoms with Crippen molar-refractivity contribution < 1.29 is 0 Å². The Balaban J connectivity index is 1.27. The molecule has 0 unspecified atom stereocenters. The van der Waals surface area contributed by atoms with Crippen LogP contribution in [0.4, 0.5) is 22.7 Å². The van der Waals surface area contributed by atoms with Crippen LogP contribution in [-0.2, 0) is 12.8 Å². The number of benzene rings is 9. The van der Waals surface area contributed by atoms with Crippen LogP contribution >= 0.6 is 0 Å². The third kappa shape index (κ3) is 5.87. The normalized spacial score (nSPS) is 13.7. The molecule has 58 heavy (non-hydrogen) atoms. The molecule has 2 aliphatic rings. The smallest absolute Gasteiger partial charge is 0.0443 e. The lowest BCUT2D eigenvalue weighted by Crippen LogP contribution is -2.24. The van der Waals surface area contributed by atoms with E-state index in [2.05, 4.69) is 204 Å². The van der Waals surface area contributed by atoms with Gasteiger partial charge in [0, 0.05) is 35.8 Å². The molecule has 0 saturated carbocycles. The van der Waals surface area contributed by atoms with E-state index in [1.54, 1.807) is 0 Å². The molecule has 2 aliphatic heterocycles. The summed E-state index contributed by atoms with van der Waals surface area (Å²) in [6, 6.07) is 72.4. The van der Waals surface area contributed by atoms with Gasteiger partial charge in [-0.05, 0) is 139 Å². The maximum atomic E-state index is 2.55. The van der Waals surface area contributed by atoms with E-state index < -0.39 is 0 Å². The fourth-order valence-electron chi connectivity index (χ4n) is 9.87. The van der Waals surface area contributed by atoms with Crippen LogP contribution in [0.2, 0.25) is 0 Å². The first-order valence-electron chi connectivity index (χ1n) is 20.8. The van der Waals surface area contributed by atoms with Crippen molar-refractivity contribution in [3.8, 4) is 44.5 Å². The van der Waals surface area contributed by atoms with Gasteiger partial charge in [-0.3, -0.25) is 0 Å². The first-order chi connectivity index (χ1) is 28.8. The molecule has 278 valence electrons. The summed E-state index contributed by atoms with van der Waals surface area (Å²) in [4.78, 5) is 5.09. The largest absolute Gasteiger partial charge is 0.341 e. The molecule has 9 aromatic rings. The van der Waals surface area contributed by atoms with Crippen LogP contribution in [0, 0.1) is 0 Å². The van der Waals surface area contributed by atoms with Crippen LogP contribution in [0.1, 0.15) is 24.0 Å². The standard InChI is InChI=1S/C56H44N2/c1-3-17-39(18-4-1)45-25-9-11-27-47(45)55-49-33-31-44(58-36-16-24-42-22-8-14-30-54(42)58)38-52(49)56(48-28-12-10-26-46(48)40-19-5-2-6-20-40)50-34-32-43(37-51(50)55)57-35-15-23-41-21-7-13-29-53(41)57/h1-14,17-22,25-34,37-38H,15-16,23-24,35-36H2. The minimum atomic E-state index is 0.996. The van der Waals surface area contributed by atoms with Crippen LogP contribution in [0.5, 0.6) is 0 Å². The Hall–Kier alpha value is -6.90. The molecule has 0 aliphatic carbocycles. The highest BCUT2D eigenvalue weighted by molar-refractivity contribution is 6.24. The average molecular weight is 745 g/mol. The molecule has 0 atom stereocenters. The molecule has 2 nitrogen and oxygen atoms in total. The lowest BCUT2D eigenvalue weighted by molar-refractivity contribution is 0.767. The third-order valence-electron chi connectivity index (χ3n) is 12.5. The molecule has 2 heterocycles. The number of rotatable bonds is 6. The second-order valence-corrected chi connectivity index (χ2v) is 15.8. The summed E-state index contributed by atoms with van der Waals surface area (Å²) in [5.74, 6) is 0. The van der Waals surface area contributed by atoms with Gasteiger partial charge in [0.2, 0.25) is 0 Å². The quantitative estimate of drug-likeness (QED) is 0.156. The monoisotopic (exact) mass is 744 g/mol. The van der Waals surface area contributed by atoms with Gasteiger partial charge in [0.1, 0.15) is 0 Å². The number of hydrogen-bond acceptors (Lipinski definition) is 2. The van der Waals surface area contributed by atoms with Crippen LogP contribution < -0.4 is 9.80 Å². The highest BCUT2D eigenvalue weighted by Gasteiger charge is 2.25. The molecule has 0 amide bonds. The second kappa shape index (κ2) is 14.6. The number of anilines is 4. The molecule has 9 aromatic carbocycles. The van der Waals surface area contributed by atoms with E-state index in [0.29, 0.717) is 0 Å². The number of fused-ring (bicyclic) bond motifs is 4. The van der Waals surface area contributed by atoms with Crippen molar-refractivity contribution in [1.82, 2.24) is 0 Å². The molecule has 0 spiro atoms. The number of aryl methyl sites for hydroxylation is 2. The van der Waals surface area contributed by atoms with Crippen molar-refractivity contribution in [3.63, 3.8) is 0 Å². The van der Waals surface area contributed by atoms with E-state index >= 15 is 0 Å². The maximum absolute atomic E-state index is 2.55. The minimum absolute atomic E-state index is 0.996. The Morgan fingerprint density at radius 2 is 0.690 bits per heavy atom. The fraction of sp³-hybridized carbons (Fsp3) is 0.107. The van der Waals surface area contributed by atoms with Gasteiger partial charge in [0.05, 0.1) is 0 Å². The van der Waals surface area contributed by atoms with Crippen molar-refractivity contribution in [3.05, 3.63) is 205 Å². The van der Waals surface area contributed by atoms with E-state index in [9.17, 15) is 0 Å². The minimum Gasteiger partial charge on any atom is -0.341 e. The second-order valence-electron chi connectivity index (χ2n) is 15.8. The topological polar surface area (TPSA) is 6.48 Å². The Morgan fingerprint density at radius 1 is 0.310 bits per heavy atom.